The van der Waals surface area contributed by atoms with Gasteiger partial charge in [0.2, 0.25) is 15.9 Å². The van der Waals surface area contributed by atoms with Crippen LogP contribution >= 0.6 is 0 Å². The molecule has 0 spiro atoms. The van der Waals surface area contributed by atoms with Gasteiger partial charge in [-0.1, -0.05) is 17.7 Å². The first-order valence-corrected chi connectivity index (χ1v) is 13.4. The predicted octanol–water partition coefficient (Wildman–Crippen LogP) is 4.40. The Morgan fingerprint density at radius 2 is 1.87 bits per heavy atom. The topological polar surface area (TPSA) is 159 Å². The average Bonchev–Trinajstić information content (AvgIpc) is 3.51. The van der Waals surface area contributed by atoms with Crippen molar-refractivity contribution in [1.29, 1.82) is 0 Å². The molecule has 39 heavy (non-hydrogen) atoms. The number of hydrogen-bond donors (Lipinski definition) is 2. The van der Waals surface area contributed by atoms with E-state index in [4.69, 9.17) is 9.15 Å². The maximum atomic E-state index is 13.1. The highest BCUT2D eigenvalue weighted by Gasteiger charge is 2.28. The molecule has 0 bridgehead atoms. The van der Waals surface area contributed by atoms with Crippen molar-refractivity contribution in [3.8, 4) is 17.3 Å². The van der Waals surface area contributed by atoms with Crippen molar-refractivity contribution >= 4 is 21.6 Å². The lowest BCUT2D eigenvalue weighted by molar-refractivity contribution is -0.385. The number of amides is 1. The fraction of sp³-hybridized carbons (Fsp3) is 0.231. The molecular formula is C26H27N5O7S. The van der Waals surface area contributed by atoms with Gasteiger partial charge in [0.1, 0.15) is 16.4 Å². The summed E-state index contributed by atoms with van der Waals surface area (Å²) in [6.45, 7) is 6.91. The van der Waals surface area contributed by atoms with E-state index in [0.29, 0.717) is 17.0 Å². The van der Waals surface area contributed by atoms with E-state index in [1.807, 2.05) is 19.1 Å². The van der Waals surface area contributed by atoms with Crippen LogP contribution in [0.15, 0.2) is 70.2 Å². The van der Waals surface area contributed by atoms with Gasteiger partial charge in [0.05, 0.1) is 23.4 Å². The number of nitrogens with one attached hydrogen (secondary N) is 2. The third kappa shape index (κ3) is 6.16. The molecule has 0 fully saturated rings. The highest BCUT2D eigenvalue weighted by atomic mass is 32.2. The highest BCUT2D eigenvalue weighted by molar-refractivity contribution is 7.89. The van der Waals surface area contributed by atoms with Crippen molar-refractivity contribution in [2.75, 3.05) is 0 Å². The summed E-state index contributed by atoms with van der Waals surface area (Å²) in [6, 6.07) is 13.5. The molecular weight excluding hydrogens is 526 g/mol. The van der Waals surface area contributed by atoms with Crippen molar-refractivity contribution < 1.29 is 27.3 Å². The molecule has 4 rings (SSSR count). The number of aromatic nitrogens is 2. The number of sulfonamides is 1. The van der Waals surface area contributed by atoms with E-state index in [2.05, 4.69) is 15.1 Å². The summed E-state index contributed by atoms with van der Waals surface area (Å²) in [7, 11) is -4.20. The Bertz CT molecular complexity index is 1610. The summed E-state index contributed by atoms with van der Waals surface area (Å²) in [5.41, 5.74) is 1.49. The van der Waals surface area contributed by atoms with Gasteiger partial charge in [-0.3, -0.25) is 14.9 Å². The molecule has 0 saturated carbocycles. The highest BCUT2D eigenvalue weighted by Crippen LogP contribution is 2.35. The predicted molar refractivity (Wildman–Crippen MR) is 142 cm³/mol. The quantitative estimate of drug-likeness (QED) is 0.216. The number of benzene rings is 2. The van der Waals surface area contributed by atoms with E-state index in [0.717, 1.165) is 17.7 Å². The number of non-ortho nitro benzene ring substituents is 1. The van der Waals surface area contributed by atoms with Gasteiger partial charge in [-0.2, -0.15) is 9.78 Å². The second kappa shape index (κ2) is 11.1. The lowest BCUT2D eigenvalue weighted by Crippen LogP contribution is -2.30. The van der Waals surface area contributed by atoms with E-state index in [1.54, 1.807) is 45.0 Å². The molecule has 13 heteroatoms. The smallest absolute Gasteiger partial charge is 0.272 e. The third-order valence-electron chi connectivity index (χ3n) is 5.59. The van der Waals surface area contributed by atoms with Crippen LogP contribution in [0.3, 0.4) is 0 Å². The minimum Gasteiger partial charge on any atom is -0.467 e. The zero-order valence-corrected chi connectivity index (χ0v) is 22.5. The molecule has 0 aliphatic carbocycles. The lowest BCUT2D eigenvalue weighted by atomic mass is 10.2. The Balaban J connectivity index is 1.81. The van der Waals surface area contributed by atoms with Gasteiger partial charge in [-0.25, -0.2) is 13.1 Å². The number of ether oxygens (including phenoxy) is 1. The Hall–Kier alpha value is -4.49. The Labute approximate surface area is 224 Å². The van der Waals surface area contributed by atoms with Gasteiger partial charge in [-0.05, 0) is 58.0 Å². The fourth-order valence-electron chi connectivity index (χ4n) is 3.72. The number of carbonyl (C=O) groups is 1. The molecule has 1 amide bonds. The van der Waals surface area contributed by atoms with Crippen LogP contribution in [0.1, 0.15) is 41.2 Å². The molecule has 0 saturated heterocycles. The second-order valence-corrected chi connectivity index (χ2v) is 10.7. The normalized spacial score (nSPS) is 11.5. The van der Waals surface area contributed by atoms with Gasteiger partial charge < -0.3 is 14.5 Å². The van der Waals surface area contributed by atoms with Crippen molar-refractivity contribution in [2.45, 2.75) is 45.2 Å². The molecule has 204 valence electrons. The van der Waals surface area contributed by atoms with Crippen LogP contribution in [-0.2, 0) is 16.6 Å². The van der Waals surface area contributed by atoms with Crippen molar-refractivity contribution in [2.24, 2.45) is 0 Å². The van der Waals surface area contributed by atoms with Crippen molar-refractivity contribution in [3.63, 3.8) is 0 Å². The minimum atomic E-state index is -4.20. The molecule has 0 unspecified atom stereocenters. The van der Waals surface area contributed by atoms with E-state index < -0.39 is 37.5 Å². The van der Waals surface area contributed by atoms with Crippen molar-refractivity contribution in [1.82, 2.24) is 19.8 Å². The number of rotatable bonds is 10. The Kier molecular flexibility index (Phi) is 7.83. The first kappa shape index (κ1) is 27.5. The van der Waals surface area contributed by atoms with Gasteiger partial charge in [0, 0.05) is 23.7 Å². The zero-order chi connectivity index (χ0) is 28.3. The first-order valence-electron chi connectivity index (χ1n) is 11.9. The van der Waals surface area contributed by atoms with Crippen LogP contribution < -0.4 is 14.8 Å². The molecule has 2 N–H and O–H groups in total. The Morgan fingerprint density at radius 1 is 1.15 bits per heavy atom. The molecule has 0 aliphatic heterocycles. The number of hydrogen-bond acceptors (Lipinski definition) is 8. The first-order chi connectivity index (χ1) is 18.5. The minimum absolute atomic E-state index is 0.0451. The van der Waals surface area contributed by atoms with Crippen LogP contribution in [0, 0.1) is 24.0 Å². The number of nitro groups is 1. The molecule has 2 aromatic heterocycles. The maximum Gasteiger partial charge on any atom is 0.272 e. The van der Waals surface area contributed by atoms with E-state index in [9.17, 15) is 23.3 Å². The number of aryl methyl sites for hydroxylation is 1. The SMILES string of the molecule is Cc1ccc(-n2nc(C(=O)NCc3ccco3)c(C)c2Oc2ccc([N+](=O)[O-])cc2S(=O)(=O)NC(C)C)cc1. The van der Waals surface area contributed by atoms with Crippen molar-refractivity contribution in [3.05, 3.63) is 93.6 Å². The Morgan fingerprint density at radius 3 is 2.49 bits per heavy atom. The van der Waals surface area contributed by atoms with Gasteiger partial charge in [-0.15, -0.1) is 0 Å². The van der Waals surface area contributed by atoms with E-state index in [1.165, 1.54) is 17.0 Å². The molecule has 2 aromatic carbocycles. The van der Waals surface area contributed by atoms with Crippen LogP contribution in [0.5, 0.6) is 11.6 Å². The van der Waals surface area contributed by atoms with E-state index >= 15 is 0 Å². The number of nitrogens with zero attached hydrogens (tertiary/aromatic N) is 3. The molecule has 12 nitrogen and oxygen atoms in total. The maximum absolute atomic E-state index is 13.1. The van der Waals surface area contributed by atoms with Gasteiger partial charge in [0.25, 0.3) is 11.6 Å². The third-order valence-corrected chi connectivity index (χ3v) is 7.27. The molecule has 2 heterocycles. The van der Waals surface area contributed by atoms with E-state index in [-0.39, 0.29) is 23.9 Å². The van der Waals surface area contributed by atoms with Crippen LogP contribution in [-0.4, -0.2) is 35.1 Å². The number of furan rings is 1. The molecule has 0 radical (unpaired) electrons. The second-order valence-electron chi connectivity index (χ2n) is 9.05. The van der Waals surface area contributed by atoms with Crippen LogP contribution in [0.4, 0.5) is 5.69 Å². The summed E-state index contributed by atoms with van der Waals surface area (Å²) in [5.74, 6) is -0.0593. The molecule has 4 aromatic rings. The fourth-order valence-corrected chi connectivity index (χ4v) is 5.12. The number of nitro benzene ring substituents is 1. The van der Waals surface area contributed by atoms with Crippen LogP contribution in [0.2, 0.25) is 0 Å². The lowest BCUT2D eigenvalue weighted by Gasteiger charge is -2.15. The monoisotopic (exact) mass is 553 g/mol. The van der Waals surface area contributed by atoms with Crippen LogP contribution in [0.25, 0.3) is 5.69 Å². The largest absolute Gasteiger partial charge is 0.467 e. The standard InChI is InChI=1S/C26H27N5O7S/c1-16(2)29-39(35,36)23-14-20(31(33)34)11-12-22(23)38-26-18(4)24(25(32)27-15-21-6-5-13-37-21)28-30(26)19-9-7-17(3)8-10-19/h5-14,16,29H,15H2,1-4H3,(H,27,32). The summed E-state index contributed by atoms with van der Waals surface area (Å²) in [5, 5.41) is 18.6. The van der Waals surface area contributed by atoms with Gasteiger partial charge >= 0.3 is 0 Å². The van der Waals surface area contributed by atoms with Gasteiger partial charge in [0.15, 0.2) is 5.69 Å². The number of carbonyl (C=O) groups excluding carboxylic acids is 1. The molecule has 0 atom stereocenters. The summed E-state index contributed by atoms with van der Waals surface area (Å²) < 4.78 is 41.4. The average molecular weight is 554 g/mol. The molecule has 0 aliphatic rings. The summed E-state index contributed by atoms with van der Waals surface area (Å²) in [4.78, 5) is 23.3. The summed E-state index contributed by atoms with van der Waals surface area (Å²) in [6.07, 6.45) is 1.49. The zero-order valence-electron chi connectivity index (χ0n) is 21.7. The summed E-state index contributed by atoms with van der Waals surface area (Å²) >= 11 is 0.